The molecule has 0 saturated heterocycles. The third-order valence-corrected chi connectivity index (χ3v) is 2.60. The van der Waals surface area contributed by atoms with Gasteiger partial charge in [-0.05, 0) is 31.2 Å². The highest BCUT2D eigenvalue weighted by Gasteiger charge is 2.12. The summed E-state index contributed by atoms with van der Waals surface area (Å²) < 4.78 is 14.7. The quantitative estimate of drug-likeness (QED) is 0.798. The zero-order valence-corrected chi connectivity index (χ0v) is 14.7. The third-order valence-electron chi connectivity index (χ3n) is 2.60. The Bertz CT molecular complexity index is 764. The predicted molar refractivity (Wildman–Crippen MR) is 99.0 cm³/mol. The molecule has 2 rings (SSSR count). The standard InChI is InChI=1S/C13H11FN4O.C3H6.2CH2O/c1-18-7-9(16)5-12(18)13(19)17-10-2-3-11(14)8(4-10)6-15;1-3-2;2*1-2/h2-5,7H,16H2,1H3,(H,17,19);3H,1H2,2H3;2*1H2. The molecule has 0 bridgehead atoms. The molecular formula is C18H21FN4O3. The van der Waals surface area contributed by atoms with Crippen molar-refractivity contribution in [3.05, 3.63) is 60.2 Å². The van der Waals surface area contributed by atoms with Crippen LogP contribution in [0.25, 0.3) is 0 Å². The second-order valence-electron chi connectivity index (χ2n) is 4.44. The van der Waals surface area contributed by atoms with Crippen LogP contribution < -0.4 is 11.1 Å². The number of hydrogen-bond acceptors (Lipinski definition) is 5. The van der Waals surface area contributed by atoms with E-state index in [9.17, 15) is 9.18 Å². The van der Waals surface area contributed by atoms with Crippen LogP contribution in [-0.2, 0) is 16.6 Å². The van der Waals surface area contributed by atoms with Gasteiger partial charge in [0.15, 0.2) is 0 Å². The number of nitrogens with one attached hydrogen (secondary N) is 1. The van der Waals surface area contributed by atoms with Crippen molar-refractivity contribution in [3.8, 4) is 6.07 Å². The fraction of sp³-hybridized carbons (Fsp3) is 0.111. The molecule has 0 aliphatic rings. The predicted octanol–water partition coefficient (Wildman–Crippen LogP) is 2.69. The highest BCUT2D eigenvalue weighted by atomic mass is 19.1. The minimum absolute atomic E-state index is 0.121. The number of carbonyl (C=O) groups excluding carboxylic acids is 3. The van der Waals surface area contributed by atoms with Crippen molar-refractivity contribution in [1.29, 1.82) is 5.26 Å². The highest BCUT2D eigenvalue weighted by Crippen LogP contribution is 2.16. The maximum atomic E-state index is 13.1. The number of halogens is 1. The Morgan fingerprint density at radius 2 is 1.85 bits per heavy atom. The van der Waals surface area contributed by atoms with Gasteiger partial charge in [-0.1, -0.05) is 6.08 Å². The Morgan fingerprint density at radius 3 is 2.27 bits per heavy atom. The number of nitriles is 1. The number of hydrogen-bond donors (Lipinski definition) is 2. The lowest BCUT2D eigenvalue weighted by Gasteiger charge is -2.06. The van der Waals surface area contributed by atoms with Gasteiger partial charge in [-0.25, -0.2) is 4.39 Å². The smallest absolute Gasteiger partial charge is 0.272 e. The van der Waals surface area contributed by atoms with E-state index in [-0.39, 0.29) is 11.5 Å². The molecule has 2 aromatic rings. The number of aryl methyl sites for hydroxylation is 1. The summed E-state index contributed by atoms with van der Waals surface area (Å²) in [6.45, 7) is 9.25. The molecule has 7 nitrogen and oxygen atoms in total. The second kappa shape index (κ2) is 13.7. The number of nitrogens with zero attached hydrogens (tertiary/aromatic N) is 2. The van der Waals surface area contributed by atoms with Crippen molar-refractivity contribution in [1.82, 2.24) is 4.57 Å². The van der Waals surface area contributed by atoms with E-state index in [1.54, 1.807) is 30.0 Å². The molecule has 0 aliphatic heterocycles. The van der Waals surface area contributed by atoms with Gasteiger partial charge in [-0.15, -0.1) is 6.58 Å². The molecule has 1 heterocycles. The Morgan fingerprint density at radius 1 is 1.31 bits per heavy atom. The monoisotopic (exact) mass is 360 g/mol. The Kier molecular flexibility index (Phi) is 12.9. The molecule has 1 amide bonds. The first-order valence-electron chi connectivity index (χ1n) is 7.00. The first kappa shape index (κ1) is 24.5. The van der Waals surface area contributed by atoms with Gasteiger partial charge >= 0.3 is 0 Å². The third kappa shape index (κ3) is 7.70. The maximum absolute atomic E-state index is 13.1. The van der Waals surface area contributed by atoms with E-state index in [2.05, 4.69) is 11.9 Å². The molecule has 0 atom stereocenters. The number of aromatic nitrogens is 1. The zero-order chi connectivity index (χ0) is 20.7. The second-order valence-corrected chi connectivity index (χ2v) is 4.44. The SMILES string of the molecule is C=CC.C=O.C=O.Cn1cc(N)cc1C(=O)Nc1ccc(F)c(C#N)c1. The van der Waals surface area contributed by atoms with Gasteiger partial charge in [0.05, 0.1) is 11.3 Å². The van der Waals surface area contributed by atoms with Crippen LogP contribution in [0.3, 0.4) is 0 Å². The van der Waals surface area contributed by atoms with Crippen molar-refractivity contribution in [2.24, 2.45) is 7.05 Å². The van der Waals surface area contributed by atoms with Crippen LogP contribution in [0.4, 0.5) is 15.8 Å². The van der Waals surface area contributed by atoms with Crippen LogP contribution >= 0.6 is 0 Å². The van der Waals surface area contributed by atoms with E-state index in [1.807, 2.05) is 20.5 Å². The van der Waals surface area contributed by atoms with Crippen molar-refractivity contribution < 1.29 is 18.8 Å². The lowest BCUT2D eigenvalue weighted by Crippen LogP contribution is -2.15. The summed E-state index contributed by atoms with van der Waals surface area (Å²) >= 11 is 0. The number of anilines is 2. The van der Waals surface area contributed by atoms with Gasteiger partial charge in [0.1, 0.15) is 31.2 Å². The molecular weight excluding hydrogens is 339 g/mol. The number of rotatable bonds is 2. The number of amides is 1. The summed E-state index contributed by atoms with van der Waals surface area (Å²) in [5, 5.41) is 11.3. The van der Waals surface area contributed by atoms with Crippen molar-refractivity contribution >= 4 is 30.9 Å². The molecule has 3 N–H and O–H groups in total. The van der Waals surface area contributed by atoms with Crippen LogP contribution in [0.1, 0.15) is 23.0 Å². The summed E-state index contributed by atoms with van der Waals surface area (Å²) in [6, 6.07) is 7.04. The topological polar surface area (TPSA) is 118 Å². The fourth-order valence-electron chi connectivity index (χ4n) is 1.70. The molecule has 0 saturated carbocycles. The first-order chi connectivity index (χ1) is 12.4. The van der Waals surface area contributed by atoms with Crippen molar-refractivity contribution in [3.63, 3.8) is 0 Å². The minimum atomic E-state index is -0.622. The summed E-state index contributed by atoms with van der Waals surface area (Å²) in [7, 11) is 1.69. The minimum Gasteiger partial charge on any atom is -0.397 e. The molecule has 0 spiro atoms. The lowest BCUT2D eigenvalue weighted by molar-refractivity contribution is -0.0987. The molecule has 0 radical (unpaired) electrons. The summed E-state index contributed by atoms with van der Waals surface area (Å²) in [6.07, 6.45) is 3.36. The molecule has 0 unspecified atom stereocenters. The van der Waals surface area contributed by atoms with Gasteiger partial charge in [-0.2, -0.15) is 5.26 Å². The van der Waals surface area contributed by atoms with E-state index in [4.69, 9.17) is 20.6 Å². The van der Waals surface area contributed by atoms with Crippen LogP contribution in [0.2, 0.25) is 0 Å². The Hall–Kier alpha value is -3.73. The van der Waals surface area contributed by atoms with E-state index in [1.165, 1.54) is 18.2 Å². The molecule has 0 fully saturated rings. The molecule has 138 valence electrons. The number of nitrogen functional groups attached to an aromatic ring is 1. The zero-order valence-electron chi connectivity index (χ0n) is 14.7. The van der Waals surface area contributed by atoms with Gasteiger partial charge in [-0.3, -0.25) is 4.79 Å². The van der Waals surface area contributed by atoms with Crippen molar-refractivity contribution in [2.45, 2.75) is 6.92 Å². The van der Waals surface area contributed by atoms with E-state index >= 15 is 0 Å². The van der Waals surface area contributed by atoms with Crippen LogP contribution in [0.5, 0.6) is 0 Å². The maximum Gasteiger partial charge on any atom is 0.272 e. The van der Waals surface area contributed by atoms with Crippen LogP contribution in [0, 0.1) is 17.1 Å². The molecule has 1 aromatic heterocycles. The Balaban J connectivity index is 0. The normalized spacial score (nSPS) is 8.08. The van der Waals surface area contributed by atoms with Gasteiger partial charge < -0.3 is 25.2 Å². The largest absolute Gasteiger partial charge is 0.397 e. The van der Waals surface area contributed by atoms with Gasteiger partial charge in [0.2, 0.25) is 0 Å². The first-order valence-corrected chi connectivity index (χ1v) is 7.00. The summed E-state index contributed by atoms with van der Waals surface area (Å²) in [4.78, 5) is 28.0. The number of benzene rings is 1. The van der Waals surface area contributed by atoms with E-state index in [0.717, 1.165) is 6.07 Å². The average molecular weight is 360 g/mol. The number of allylic oxidation sites excluding steroid dienone is 1. The summed E-state index contributed by atoms with van der Waals surface area (Å²) in [5.74, 6) is -1.00. The van der Waals surface area contributed by atoms with Gasteiger partial charge in [0, 0.05) is 18.9 Å². The van der Waals surface area contributed by atoms with E-state index < -0.39 is 5.82 Å². The molecule has 8 heteroatoms. The van der Waals surface area contributed by atoms with Crippen LogP contribution in [-0.4, -0.2) is 24.1 Å². The number of nitrogens with two attached hydrogens (primary N) is 1. The highest BCUT2D eigenvalue weighted by molar-refractivity contribution is 6.03. The Labute approximate surface area is 151 Å². The lowest BCUT2D eigenvalue weighted by atomic mass is 10.2. The van der Waals surface area contributed by atoms with Crippen LogP contribution in [0.15, 0.2) is 43.1 Å². The van der Waals surface area contributed by atoms with Crippen molar-refractivity contribution in [2.75, 3.05) is 11.1 Å². The van der Waals surface area contributed by atoms with Gasteiger partial charge in [0.25, 0.3) is 5.91 Å². The summed E-state index contributed by atoms with van der Waals surface area (Å²) in [5.41, 5.74) is 6.66. The fourth-order valence-corrected chi connectivity index (χ4v) is 1.70. The number of carbonyl (C=O) groups is 3. The molecule has 26 heavy (non-hydrogen) atoms. The average Bonchev–Trinajstić information content (AvgIpc) is 2.99. The molecule has 0 aliphatic carbocycles. The molecule has 1 aromatic carbocycles. The van der Waals surface area contributed by atoms with E-state index in [0.29, 0.717) is 17.1 Å².